The van der Waals surface area contributed by atoms with Gasteiger partial charge in [0, 0.05) is 49.7 Å². The fraction of sp³-hybridized carbons (Fsp3) is 0.571. The van der Waals surface area contributed by atoms with Gasteiger partial charge in [0.05, 0.1) is 6.54 Å². The maximum Gasteiger partial charge on any atom is 0.191 e. The van der Waals surface area contributed by atoms with E-state index < -0.39 is 0 Å². The van der Waals surface area contributed by atoms with Gasteiger partial charge in [-0.2, -0.15) is 0 Å². The molecule has 7 nitrogen and oxygen atoms in total. The van der Waals surface area contributed by atoms with E-state index in [0.717, 1.165) is 68.9 Å². The van der Waals surface area contributed by atoms with E-state index in [1.807, 2.05) is 12.1 Å². The first-order chi connectivity index (χ1) is 14.2. The van der Waals surface area contributed by atoms with Crippen LogP contribution in [-0.2, 0) is 23.1 Å². The summed E-state index contributed by atoms with van der Waals surface area (Å²) in [5.41, 5.74) is 1.19. The lowest BCUT2D eigenvalue weighted by molar-refractivity contribution is 0.0531. The molecule has 0 saturated carbocycles. The maximum absolute atomic E-state index is 6.28. The molecule has 0 unspecified atom stereocenters. The molecular weight excluding hydrogens is 515 g/mol. The molecule has 2 aromatic rings. The zero-order valence-corrected chi connectivity index (χ0v) is 20.8. The Hall–Kier alpha value is -1.39. The molecule has 0 bridgehead atoms. The minimum atomic E-state index is -0.0465. The fourth-order valence-corrected chi connectivity index (χ4v) is 3.92. The smallest absolute Gasteiger partial charge is 0.191 e. The molecule has 2 heterocycles. The third-order valence-electron chi connectivity index (χ3n) is 5.43. The Morgan fingerprint density at radius 2 is 2.07 bits per heavy atom. The lowest BCUT2D eigenvalue weighted by atomic mass is 9.74. The average Bonchev–Trinajstić information content (AvgIpc) is 3.20. The molecule has 0 atom stereocenters. The molecule has 3 rings (SSSR count). The van der Waals surface area contributed by atoms with E-state index in [1.165, 1.54) is 5.56 Å². The highest BCUT2D eigenvalue weighted by Crippen LogP contribution is 2.36. The van der Waals surface area contributed by atoms with Crippen LogP contribution in [0.3, 0.4) is 0 Å². The van der Waals surface area contributed by atoms with E-state index >= 15 is 0 Å². The zero-order valence-electron chi connectivity index (χ0n) is 17.7. The molecule has 9 heteroatoms. The molecule has 1 aliphatic rings. The van der Waals surface area contributed by atoms with Gasteiger partial charge >= 0.3 is 0 Å². The van der Waals surface area contributed by atoms with E-state index in [1.54, 1.807) is 6.33 Å². The molecule has 0 radical (unpaired) electrons. The monoisotopic (exact) mass is 546 g/mol. The summed E-state index contributed by atoms with van der Waals surface area (Å²) >= 11 is 6.28. The Morgan fingerprint density at radius 1 is 1.27 bits per heavy atom. The van der Waals surface area contributed by atoms with Crippen molar-refractivity contribution < 1.29 is 4.74 Å². The van der Waals surface area contributed by atoms with Gasteiger partial charge in [0.1, 0.15) is 12.2 Å². The first-order valence-corrected chi connectivity index (χ1v) is 10.8. The molecule has 30 heavy (non-hydrogen) atoms. The van der Waals surface area contributed by atoms with E-state index in [4.69, 9.17) is 21.3 Å². The van der Waals surface area contributed by atoms with Crippen LogP contribution in [0.4, 0.5) is 0 Å². The summed E-state index contributed by atoms with van der Waals surface area (Å²) < 4.78 is 7.70. The van der Waals surface area contributed by atoms with Crippen molar-refractivity contribution in [1.29, 1.82) is 0 Å². The van der Waals surface area contributed by atoms with Crippen molar-refractivity contribution in [1.82, 2.24) is 25.4 Å². The van der Waals surface area contributed by atoms with Gasteiger partial charge in [-0.1, -0.05) is 30.7 Å². The number of rotatable bonds is 8. The molecule has 1 aromatic heterocycles. The number of hydrogen-bond donors (Lipinski definition) is 2. The van der Waals surface area contributed by atoms with Crippen molar-refractivity contribution >= 4 is 41.5 Å². The molecule has 1 aromatic carbocycles. The third-order valence-corrected chi connectivity index (χ3v) is 5.66. The average molecular weight is 547 g/mol. The van der Waals surface area contributed by atoms with Gasteiger partial charge in [-0.3, -0.25) is 4.99 Å². The van der Waals surface area contributed by atoms with Crippen molar-refractivity contribution in [2.24, 2.45) is 4.99 Å². The molecule has 0 aliphatic carbocycles. The van der Waals surface area contributed by atoms with Crippen LogP contribution in [0, 0.1) is 0 Å². The highest BCUT2D eigenvalue weighted by atomic mass is 127. The molecule has 1 fully saturated rings. The second kappa shape index (κ2) is 12.5. The van der Waals surface area contributed by atoms with Crippen LogP contribution in [-0.4, -0.2) is 53.6 Å². The van der Waals surface area contributed by atoms with Gasteiger partial charge in [-0.25, -0.2) is 0 Å². The van der Waals surface area contributed by atoms with E-state index in [9.17, 15) is 0 Å². The largest absolute Gasteiger partial charge is 0.381 e. The van der Waals surface area contributed by atoms with Crippen LogP contribution in [0.25, 0.3) is 0 Å². The second-order valence-electron chi connectivity index (χ2n) is 7.32. The van der Waals surface area contributed by atoms with E-state index in [0.29, 0.717) is 6.54 Å². The number of ether oxygens (including phenoxy) is 1. The summed E-state index contributed by atoms with van der Waals surface area (Å²) in [7, 11) is 0. The van der Waals surface area contributed by atoms with Crippen LogP contribution in [0.2, 0.25) is 5.02 Å². The predicted octanol–water partition coefficient (Wildman–Crippen LogP) is 3.42. The minimum Gasteiger partial charge on any atom is -0.381 e. The van der Waals surface area contributed by atoms with Crippen LogP contribution in [0.15, 0.2) is 35.6 Å². The van der Waals surface area contributed by atoms with Crippen molar-refractivity contribution in [2.75, 3.05) is 32.8 Å². The Morgan fingerprint density at radius 3 is 2.77 bits per heavy atom. The van der Waals surface area contributed by atoms with Crippen molar-refractivity contribution in [3.8, 4) is 0 Å². The highest BCUT2D eigenvalue weighted by molar-refractivity contribution is 14.0. The van der Waals surface area contributed by atoms with E-state index in [2.05, 4.69) is 51.4 Å². The summed E-state index contributed by atoms with van der Waals surface area (Å²) in [6.07, 6.45) is 4.53. The van der Waals surface area contributed by atoms with Gasteiger partial charge in [0.2, 0.25) is 0 Å². The Bertz CT molecular complexity index is 806. The Kier molecular flexibility index (Phi) is 10.3. The quantitative estimate of drug-likeness (QED) is 0.302. The number of hydrogen-bond acceptors (Lipinski definition) is 4. The van der Waals surface area contributed by atoms with Crippen LogP contribution >= 0.6 is 35.6 Å². The van der Waals surface area contributed by atoms with Crippen molar-refractivity contribution in [3.63, 3.8) is 0 Å². The Labute approximate surface area is 201 Å². The summed E-state index contributed by atoms with van der Waals surface area (Å²) in [6, 6.07) is 8.17. The Balaban J connectivity index is 0.00000320. The van der Waals surface area contributed by atoms with Gasteiger partial charge in [-0.15, -0.1) is 34.2 Å². The number of guanidine groups is 1. The van der Waals surface area contributed by atoms with Gasteiger partial charge in [0.25, 0.3) is 0 Å². The number of halogens is 2. The SMILES string of the molecule is CCNC(=NCC1(c2cccc(Cl)c2)CCOCC1)NCCn1cnnc1CC.I. The molecular formula is C21H32ClIN6O. The number of nitrogens with zero attached hydrogens (tertiary/aromatic N) is 4. The predicted molar refractivity (Wildman–Crippen MR) is 132 cm³/mol. The number of benzene rings is 1. The number of nitrogens with one attached hydrogen (secondary N) is 2. The molecule has 2 N–H and O–H groups in total. The maximum atomic E-state index is 6.28. The molecule has 1 saturated heterocycles. The summed E-state index contributed by atoms with van der Waals surface area (Å²) in [5.74, 6) is 1.82. The second-order valence-corrected chi connectivity index (χ2v) is 7.76. The van der Waals surface area contributed by atoms with Crippen molar-refractivity contribution in [2.45, 2.75) is 45.1 Å². The summed E-state index contributed by atoms with van der Waals surface area (Å²) in [6.45, 7) is 8.72. The van der Waals surface area contributed by atoms with Crippen LogP contribution in [0.5, 0.6) is 0 Å². The minimum absolute atomic E-state index is 0. The molecule has 0 amide bonds. The summed E-state index contributed by atoms with van der Waals surface area (Å²) in [4.78, 5) is 4.93. The van der Waals surface area contributed by atoms with Crippen LogP contribution < -0.4 is 10.6 Å². The first-order valence-electron chi connectivity index (χ1n) is 10.4. The van der Waals surface area contributed by atoms with Gasteiger partial charge in [-0.05, 0) is 37.5 Å². The van der Waals surface area contributed by atoms with Crippen LogP contribution in [0.1, 0.15) is 38.1 Å². The van der Waals surface area contributed by atoms with Gasteiger partial charge < -0.3 is 19.9 Å². The van der Waals surface area contributed by atoms with E-state index in [-0.39, 0.29) is 29.4 Å². The number of aromatic nitrogens is 3. The fourth-order valence-electron chi connectivity index (χ4n) is 3.72. The molecule has 0 spiro atoms. The lowest BCUT2D eigenvalue weighted by Crippen LogP contribution is -2.42. The zero-order chi connectivity index (χ0) is 20.5. The number of aliphatic imine (C=N–C) groups is 1. The normalized spacial score (nSPS) is 16.0. The third kappa shape index (κ3) is 6.55. The summed E-state index contributed by atoms with van der Waals surface area (Å²) in [5, 5.41) is 15.7. The standard InChI is InChI=1S/C21H31ClN6O.HI/c1-3-19-27-26-16-28(19)11-10-24-20(23-4-2)25-15-21(8-12-29-13-9-21)17-6-5-7-18(22)14-17;/h5-7,14,16H,3-4,8-13,15H2,1-2H3,(H2,23,24,25);1H. The lowest BCUT2D eigenvalue weighted by Gasteiger charge is -2.36. The topological polar surface area (TPSA) is 76.4 Å². The van der Waals surface area contributed by atoms with Gasteiger partial charge in [0.15, 0.2) is 5.96 Å². The first kappa shape index (κ1) is 24.9. The molecule has 1 aliphatic heterocycles. The number of aryl methyl sites for hydroxylation is 1. The highest BCUT2D eigenvalue weighted by Gasteiger charge is 2.34. The molecule has 166 valence electrons. The van der Waals surface area contributed by atoms with Crippen molar-refractivity contribution in [3.05, 3.63) is 47.0 Å².